The molecule has 0 aliphatic carbocycles. The maximum atomic E-state index is 10.2. The first-order valence-electron chi connectivity index (χ1n) is 6.23. The van der Waals surface area contributed by atoms with Gasteiger partial charge in [-0.3, -0.25) is 14.1 Å². The normalized spacial score (nSPS) is 14.3. The van der Waals surface area contributed by atoms with Crippen LogP contribution in [0, 0.1) is 0 Å². The first kappa shape index (κ1) is 22.5. The number of carboxylic acid groups (broad SMARTS) is 3. The van der Waals surface area contributed by atoms with Gasteiger partial charge in [-0.05, 0) is 0 Å². The van der Waals surface area contributed by atoms with Gasteiger partial charge in [0.1, 0.15) is 5.60 Å². The molecule has 0 aliphatic rings. The average molecular weight is 325 g/mol. The molecule has 0 aromatic heterocycles. The van der Waals surface area contributed by atoms with E-state index in [-0.39, 0.29) is 4.48 Å². The predicted molar refractivity (Wildman–Crippen MR) is 69.9 cm³/mol. The van der Waals surface area contributed by atoms with Gasteiger partial charge in [-0.2, -0.15) is 0 Å². The smallest absolute Gasteiger partial charge is 0.306 e. The lowest BCUT2D eigenvalue weighted by Gasteiger charge is -2.35. The number of rotatable bonds is 7. The van der Waals surface area contributed by atoms with Crippen LogP contribution >= 0.6 is 0 Å². The van der Waals surface area contributed by atoms with Crippen LogP contribution in [0.15, 0.2) is 0 Å². The molecule has 0 aromatic carbocycles. The molecule has 0 spiro atoms. The molecule has 0 aliphatic heterocycles. The Morgan fingerprint density at radius 3 is 1.36 bits per heavy atom. The minimum absolute atomic E-state index is 0.222. The van der Waals surface area contributed by atoms with Crippen molar-refractivity contribution in [1.29, 1.82) is 0 Å². The summed E-state index contributed by atoms with van der Waals surface area (Å²) < 4.78 is 0.222. The lowest BCUT2D eigenvalue weighted by Crippen LogP contribution is -2.53. The van der Waals surface area contributed by atoms with Gasteiger partial charge in [0, 0.05) is 13.8 Å². The van der Waals surface area contributed by atoms with Gasteiger partial charge in [0.25, 0.3) is 0 Å². The molecule has 0 saturated carbocycles. The monoisotopic (exact) mass is 325 g/mol. The number of hydrogen-bond donors (Lipinski definition) is 5. The summed E-state index contributed by atoms with van der Waals surface area (Å²) in [5.41, 5.74) is -2.85. The minimum Gasteiger partial charge on any atom is -0.547 e. The first-order chi connectivity index (χ1) is 9.66. The van der Waals surface area contributed by atoms with Gasteiger partial charge in [-0.15, -0.1) is 0 Å². The fourth-order valence-corrected chi connectivity index (χ4v) is 1.02. The van der Waals surface area contributed by atoms with E-state index in [2.05, 4.69) is 0 Å². The molecule has 10 nitrogen and oxygen atoms in total. The van der Waals surface area contributed by atoms with Gasteiger partial charge in [-0.25, -0.2) is 0 Å². The van der Waals surface area contributed by atoms with E-state index >= 15 is 0 Å². The number of aliphatic carboxylic acids is 3. The second kappa shape index (κ2) is 8.63. The van der Waals surface area contributed by atoms with Crippen LogP contribution in [0.1, 0.15) is 26.7 Å². The quantitative estimate of drug-likeness (QED) is 0.244. The Balaban J connectivity index is 0. The topological polar surface area (TPSA) is 175 Å². The Morgan fingerprint density at radius 2 is 1.27 bits per heavy atom. The molecule has 2 unspecified atom stereocenters. The Morgan fingerprint density at radius 1 is 1.00 bits per heavy atom. The Labute approximate surface area is 127 Å². The Hall–Kier alpha value is -1.75. The predicted octanol–water partition coefficient (Wildman–Crippen LogP) is -2.84. The van der Waals surface area contributed by atoms with Gasteiger partial charge in [-0.1, -0.05) is 0 Å². The van der Waals surface area contributed by atoms with Crippen LogP contribution in [0.4, 0.5) is 0 Å². The van der Waals surface area contributed by atoms with Crippen LogP contribution in [0.25, 0.3) is 0 Å². The number of aliphatic hydroxyl groups excluding tert-OH is 2. The number of carbonyl (C=O) groups excluding carboxylic acids is 1. The molecule has 0 bridgehead atoms. The molecule has 22 heavy (non-hydrogen) atoms. The molecule has 0 fully saturated rings. The third-order valence-electron chi connectivity index (χ3n) is 3.19. The van der Waals surface area contributed by atoms with Gasteiger partial charge in [0.05, 0.1) is 32.9 Å². The van der Waals surface area contributed by atoms with Gasteiger partial charge in [0.15, 0.2) is 12.5 Å². The summed E-state index contributed by atoms with van der Waals surface area (Å²) in [7, 11) is 3.55. The number of aliphatic hydroxyl groups is 3. The second-order valence-corrected chi connectivity index (χ2v) is 5.35. The molecule has 2 atom stereocenters. The minimum atomic E-state index is -2.85. The van der Waals surface area contributed by atoms with Crippen molar-refractivity contribution in [2.45, 2.75) is 44.7 Å². The number of quaternary nitrogens is 1. The molecule has 0 aromatic rings. The molecule has 0 amide bonds. The van der Waals surface area contributed by atoms with Crippen LogP contribution in [-0.2, 0) is 14.4 Å². The summed E-state index contributed by atoms with van der Waals surface area (Å²) >= 11 is 0. The van der Waals surface area contributed by atoms with Crippen molar-refractivity contribution >= 4 is 17.9 Å². The number of carboxylic acids is 3. The number of nitrogens with zero attached hydrogens (tertiary/aromatic N) is 1. The zero-order chi connectivity index (χ0) is 18.3. The summed E-state index contributed by atoms with van der Waals surface area (Å²) in [5.74, 6) is -5.35. The van der Waals surface area contributed by atoms with E-state index in [9.17, 15) is 19.5 Å². The molecule has 0 heterocycles. The summed E-state index contributed by atoms with van der Waals surface area (Å²) in [6, 6.07) is 0. The largest absolute Gasteiger partial charge is 0.547 e. The molecule has 130 valence electrons. The Bertz CT molecular complexity index is 377. The van der Waals surface area contributed by atoms with Crippen LogP contribution in [0.5, 0.6) is 0 Å². The van der Waals surface area contributed by atoms with E-state index < -0.39 is 48.8 Å². The van der Waals surface area contributed by atoms with Crippen molar-refractivity contribution in [3.63, 3.8) is 0 Å². The molecule has 0 radical (unpaired) electrons. The molecule has 0 rings (SSSR count). The van der Waals surface area contributed by atoms with Crippen LogP contribution in [-0.4, -0.2) is 80.1 Å². The standard InChI is InChI=1S/C6H16NO2.C6H8O7/c1-5(8)7(3,4)6(2)9;7-3(8)1-6(13,5(11)12)2-4(9)10/h5-6,8-9H,1-4H3;13H,1-2H2,(H,7,8)(H,9,10)(H,11,12)/q+1;/p-1. The number of carbonyl (C=O) groups is 3. The van der Waals surface area contributed by atoms with Crippen molar-refractivity contribution in [1.82, 2.24) is 0 Å². The zero-order valence-corrected chi connectivity index (χ0v) is 12.9. The third kappa shape index (κ3) is 7.88. The van der Waals surface area contributed by atoms with Crippen LogP contribution < -0.4 is 5.11 Å². The second-order valence-electron chi connectivity index (χ2n) is 5.35. The van der Waals surface area contributed by atoms with E-state index in [1.54, 1.807) is 27.9 Å². The lowest BCUT2D eigenvalue weighted by atomic mass is 9.96. The number of hydrogen-bond acceptors (Lipinski definition) is 7. The molecule has 10 heteroatoms. The fourth-order valence-electron chi connectivity index (χ4n) is 1.02. The van der Waals surface area contributed by atoms with Crippen molar-refractivity contribution in [2.24, 2.45) is 0 Å². The third-order valence-corrected chi connectivity index (χ3v) is 3.19. The van der Waals surface area contributed by atoms with Crippen LogP contribution in [0.2, 0.25) is 0 Å². The van der Waals surface area contributed by atoms with Crippen molar-refractivity contribution in [2.75, 3.05) is 14.1 Å². The molecular weight excluding hydrogens is 302 g/mol. The maximum Gasteiger partial charge on any atom is 0.306 e. The van der Waals surface area contributed by atoms with Crippen molar-refractivity contribution < 1.29 is 49.5 Å². The zero-order valence-electron chi connectivity index (χ0n) is 12.9. The van der Waals surface area contributed by atoms with Crippen molar-refractivity contribution in [3.05, 3.63) is 0 Å². The highest BCUT2D eigenvalue weighted by Crippen LogP contribution is 2.14. The van der Waals surface area contributed by atoms with Gasteiger partial charge >= 0.3 is 11.9 Å². The van der Waals surface area contributed by atoms with Crippen LogP contribution in [0.3, 0.4) is 0 Å². The SMILES string of the molecule is CC(O)[N+](C)(C)C(C)O.O=C(O)CC(O)(CC(=O)O)C(=O)[O-]. The van der Waals surface area contributed by atoms with E-state index in [0.29, 0.717) is 0 Å². The maximum absolute atomic E-state index is 10.2. The van der Waals surface area contributed by atoms with Crippen molar-refractivity contribution in [3.8, 4) is 0 Å². The highest BCUT2D eigenvalue weighted by molar-refractivity contribution is 5.86. The molecule has 0 saturated heterocycles. The molecule has 5 N–H and O–H groups in total. The summed E-state index contributed by atoms with van der Waals surface area (Å²) in [5, 5.41) is 53.7. The summed E-state index contributed by atoms with van der Waals surface area (Å²) in [6.07, 6.45) is -3.46. The van der Waals surface area contributed by atoms with E-state index in [0.717, 1.165) is 0 Å². The summed E-state index contributed by atoms with van der Waals surface area (Å²) in [6.45, 7) is 3.32. The Kier molecular flexibility index (Phi) is 8.84. The van der Waals surface area contributed by atoms with E-state index in [1.807, 2.05) is 0 Å². The summed E-state index contributed by atoms with van der Waals surface area (Å²) in [4.78, 5) is 30.3. The van der Waals surface area contributed by atoms with E-state index in [1.165, 1.54) is 0 Å². The van der Waals surface area contributed by atoms with E-state index in [4.69, 9.17) is 25.5 Å². The first-order valence-corrected chi connectivity index (χ1v) is 6.23. The molecular formula is C12H23NO9. The fraction of sp³-hybridized carbons (Fsp3) is 0.750. The highest BCUT2D eigenvalue weighted by Gasteiger charge is 2.34. The lowest BCUT2D eigenvalue weighted by molar-refractivity contribution is -0.974. The average Bonchev–Trinajstić information content (AvgIpc) is 2.26. The van der Waals surface area contributed by atoms with Gasteiger partial charge in [0.2, 0.25) is 0 Å². The highest BCUT2D eigenvalue weighted by atomic mass is 16.4. The van der Waals surface area contributed by atoms with Gasteiger partial charge < -0.3 is 35.4 Å².